The van der Waals surface area contributed by atoms with Gasteiger partial charge in [0, 0.05) is 18.6 Å². The van der Waals surface area contributed by atoms with Crippen LogP contribution in [0.3, 0.4) is 0 Å². The highest BCUT2D eigenvalue weighted by atomic mass is 16.3. The first-order valence-electron chi connectivity index (χ1n) is 5.95. The molecule has 0 radical (unpaired) electrons. The second kappa shape index (κ2) is 3.33. The fourth-order valence-electron chi connectivity index (χ4n) is 3.37. The second-order valence-electron chi connectivity index (χ2n) is 6.43. The maximum Gasteiger partial charge on any atom is 0.0688 e. The van der Waals surface area contributed by atoms with Crippen LogP contribution in [0.5, 0.6) is 0 Å². The maximum absolute atomic E-state index is 9.83. The molecule has 2 rings (SSSR count). The Balaban J connectivity index is 2.25. The molecule has 2 aliphatic heterocycles. The van der Waals surface area contributed by atoms with E-state index in [1.54, 1.807) is 0 Å². The summed E-state index contributed by atoms with van der Waals surface area (Å²) in [4.78, 5) is 2.45. The number of β-amino-alcohol motifs (C(OH)–C–C–N with tert-alkyl or cyclic N) is 1. The standard InChI is InChI=1S/C13H23NO/c1-10-5-6-14-8-11(15)7-13(10,14)9-12(2,3)4/h11,15H,1,5-9H2,2-4H3/t11-,13-/m0/s1. The maximum atomic E-state index is 9.83. The lowest BCUT2D eigenvalue weighted by molar-refractivity contribution is 0.155. The molecule has 0 amide bonds. The highest BCUT2D eigenvalue weighted by Crippen LogP contribution is 2.48. The van der Waals surface area contributed by atoms with E-state index >= 15 is 0 Å². The molecule has 2 fully saturated rings. The van der Waals surface area contributed by atoms with Crippen LogP contribution < -0.4 is 0 Å². The van der Waals surface area contributed by atoms with Gasteiger partial charge in [0.1, 0.15) is 0 Å². The first-order valence-corrected chi connectivity index (χ1v) is 5.95. The number of hydrogen-bond donors (Lipinski definition) is 1. The van der Waals surface area contributed by atoms with Crippen molar-refractivity contribution < 1.29 is 5.11 Å². The summed E-state index contributed by atoms with van der Waals surface area (Å²) in [5.74, 6) is 0. The van der Waals surface area contributed by atoms with Crippen molar-refractivity contribution in [1.82, 2.24) is 4.90 Å². The zero-order valence-electron chi connectivity index (χ0n) is 10.2. The Morgan fingerprint density at radius 1 is 1.53 bits per heavy atom. The fourth-order valence-corrected chi connectivity index (χ4v) is 3.37. The Labute approximate surface area is 93.0 Å². The van der Waals surface area contributed by atoms with Crippen LogP contribution in [0.25, 0.3) is 0 Å². The molecule has 0 aromatic rings. The van der Waals surface area contributed by atoms with Crippen molar-refractivity contribution in [2.24, 2.45) is 5.41 Å². The van der Waals surface area contributed by atoms with E-state index < -0.39 is 0 Å². The molecular weight excluding hydrogens is 186 g/mol. The van der Waals surface area contributed by atoms with Crippen molar-refractivity contribution in [3.05, 3.63) is 12.2 Å². The molecule has 2 saturated heterocycles. The molecule has 0 bridgehead atoms. The van der Waals surface area contributed by atoms with E-state index in [4.69, 9.17) is 0 Å². The number of aliphatic hydroxyl groups is 1. The van der Waals surface area contributed by atoms with Crippen LogP contribution in [0, 0.1) is 5.41 Å². The van der Waals surface area contributed by atoms with E-state index in [1.807, 2.05) is 0 Å². The highest BCUT2D eigenvalue weighted by Gasteiger charge is 2.51. The van der Waals surface area contributed by atoms with Crippen LogP contribution in [0.2, 0.25) is 0 Å². The highest BCUT2D eigenvalue weighted by molar-refractivity contribution is 5.27. The smallest absolute Gasteiger partial charge is 0.0688 e. The van der Waals surface area contributed by atoms with Crippen LogP contribution in [-0.4, -0.2) is 34.7 Å². The minimum absolute atomic E-state index is 0.109. The zero-order valence-corrected chi connectivity index (χ0v) is 10.2. The van der Waals surface area contributed by atoms with E-state index in [-0.39, 0.29) is 11.6 Å². The summed E-state index contributed by atoms with van der Waals surface area (Å²) in [5.41, 5.74) is 1.75. The van der Waals surface area contributed by atoms with Crippen LogP contribution in [0.1, 0.15) is 40.0 Å². The van der Waals surface area contributed by atoms with Crippen molar-refractivity contribution in [2.75, 3.05) is 13.1 Å². The van der Waals surface area contributed by atoms with Crippen LogP contribution in [0.15, 0.2) is 12.2 Å². The van der Waals surface area contributed by atoms with Gasteiger partial charge in [-0.2, -0.15) is 0 Å². The Kier molecular flexibility index (Phi) is 2.47. The molecule has 15 heavy (non-hydrogen) atoms. The lowest BCUT2D eigenvalue weighted by atomic mass is 9.75. The van der Waals surface area contributed by atoms with Crippen molar-refractivity contribution in [1.29, 1.82) is 0 Å². The predicted molar refractivity (Wildman–Crippen MR) is 62.8 cm³/mol. The van der Waals surface area contributed by atoms with E-state index in [1.165, 1.54) is 5.57 Å². The van der Waals surface area contributed by atoms with Gasteiger partial charge in [-0.05, 0) is 24.7 Å². The van der Waals surface area contributed by atoms with Crippen LogP contribution in [0.4, 0.5) is 0 Å². The summed E-state index contributed by atoms with van der Waals surface area (Å²) in [6.45, 7) is 13.0. The Morgan fingerprint density at radius 2 is 2.20 bits per heavy atom. The second-order valence-corrected chi connectivity index (χ2v) is 6.43. The topological polar surface area (TPSA) is 23.5 Å². The summed E-state index contributed by atoms with van der Waals surface area (Å²) in [6, 6.07) is 0. The molecule has 2 heterocycles. The fraction of sp³-hybridized carbons (Fsp3) is 0.846. The molecule has 0 unspecified atom stereocenters. The SMILES string of the molecule is C=C1CCN2C[C@@H](O)C[C@]12CC(C)(C)C. The molecule has 2 nitrogen and oxygen atoms in total. The van der Waals surface area contributed by atoms with E-state index in [0.717, 1.165) is 32.4 Å². The molecule has 86 valence electrons. The Morgan fingerprint density at radius 3 is 2.80 bits per heavy atom. The van der Waals surface area contributed by atoms with Crippen molar-refractivity contribution in [3.63, 3.8) is 0 Å². The van der Waals surface area contributed by atoms with E-state index in [2.05, 4.69) is 32.3 Å². The number of nitrogens with zero attached hydrogens (tertiary/aromatic N) is 1. The van der Waals surface area contributed by atoms with Gasteiger partial charge in [0.25, 0.3) is 0 Å². The zero-order chi connectivity index (χ0) is 11.3. The molecule has 0 aromatic carbocycles. The quantitative estimate of drug-likeness (QED) is 0.669. The summed E-state index contributed by atoms with van der Waals surface area (Å²) in [6.07, 6.45) is 2.98. The summed E-state index contributed by atoms with van der Waals surface area (Å²) >= 11 is 0. The monoisotopic (exact) mass is 209 g/mol. The van der Waals surface area contributed by atoms with E-state index in [0.29, 0.717) is 5.41 Å². The third kappa shape index (κ3) is 1.85. The van der Waals surface area contributed by atoms with Gasteiger partial charge in [-0.15, -0.1) is 0 Å². The molecule has 2 heteroatoms. The van der Waals surface area contributed by atoms with Gasteiger partial charge in [-0.25, -0.2) is 0 Å². The lowest BCUT2D eigenvalue weighted by Gasteiger charge is -2.38. The molecular formula is C13H23NO. The van der Waals surface area contributed by atoms with Gasteiger partial charge in [0.2, 0.25) is 0 Å². The Bertz CT molecular complexity index is 279. The number of aliphatic hydroxyl groups excluding tert-OH is 1. The third-order valence-corrected chi connectivity index (χ3v) is 3.77. The molecule has 0 saturated carbocycles. The summed E-state index contributed by atoms with van der Waals surface area (Å²) < 4.78 is 0. The summed E-state index contributed by atoms with van der Waals surface area (Å²) in [7, 11) is 0. The normalized spacial score (nSPS) is 37.3. The van der Waals surface area contributed by atoms with Crippen molar-refractivity contribution in [2.45, 2.75) is 51.7 Å². The molecule has 2 atom stereocenters. The first-order chi connectivity index (χ1) is 6.83. The number of rotatable bonds is 1. The van der Waals surface area contributed by atoms with Gasteiger partial charge < -0.3 is 5.11 Å². The van der Waals surface area contributed by atoms with E-state index in [9.17, 15) is 5.11 Å². The average Bonchev–Trinajstić information content (AvgIpc) is 2.47. The van der Waals surface area contributed by atoms with Crippen molar-refractivity contribution in [3.8, 4) is 0 Å². The average molecular weight is 209 g/mol. The minimum Gasteiger partial charge on any atom is -0.392 e. The van der Waals surface area contributed by atoms with Crippen LogP contribution in [-0.2, 0) is 0 Å². The molecule has 0 aliphatic carbocycles. The van der Waals surface area contributed by atoms with Gasteiger partial charge >= 0.3 is 0 Å². The molecule has 0 spiro atoms. The molecule has 1 N–H and O–H groups in total. The predicted octanol–water partition coefficient (Wildman–Crippen LogP) is 2.19. The van der Waals surface area contributed by atoms with Crippen LogP contribution >= 0.6 is 0 Å². The number of hydrogen-bond acceptors (Lipinski definition) is 2. The van der Waals surface area contributed by atoms with Gasteiger partial charge in [-0.3, -0.25) is 4.90 Å². The Hall–Kier alpha value is -0.340. The number of fused-ring (bicyclic) bond motifs is 1. The summed E-state index contributed by atoms with van der Waals surface area (Å²) in [5, 5.41) is 9.83. The third-order valence-electron chi connectivity index (χ3n) is 3.77. The largest absolute Gasteiger partial charge is 0.392 e. The molecule has 0 aromatic heterocycles. The van der Waals surface area contributed by atoms with Gasteiger partial charge in [0.15, 0.2) is 0 Å². The minimum atomic E-state index is -0.149. The van der Waals surface area contributed by atoms with Gasteiger partial charge in [-0.1, -0.05) is 32.9 Å². The van der Waals surface area contributed by atoms with Gasteiger partial charge in [0.05, 0.1) is 6.10 Å². The van der Waals surface area contributed by atoms with Crippen molar-refractivity contribution >= 4 is 0 Å². The lowest BCUT2D eigenvalue weighted by Crippen LogP contribution is -2.42. The molecule has 2 aliphatic rings. The first kappa shape index (κ1) is 11.2.